The quantitative estimate of drug-likeness (QED) is 0.727. The second-order valence-corrected chi connectivity index (χ2v) is 5.86. The van der Waals surface area contributed by atoms with Crippen molar-refractivity contribution in [3.05, 3.63) is 48.8 Å². The van der Waals surface area contributed by atoms with Gasteiger partial charge in [0.1, 0.15) is 12.4 Å². The molecule has 4 rings (SSSR count). The zero-order valence-corrected chi connectivity index (χ0v) is 13.1. The maximum Gasteiger partial charge on any atom is 0.154 e. The Kier molecular flexibility index (Phi) is 3.94. The molecule has 2 aromatic heterocycles. The summed E-state index contributed by atoms with van der Waals surface area (Å²) in [5.41, 5.74) is 1.06. The lowest BCUT2D eigenvalue weighted by Crippen LogP contribution is -2.25. The van der Waals surface area contributed by atoms with Gasteiger partial charge in [0.15, 0.2) is 5.82 Å². The van der Waals surface area contributed by atoms with Crippen LogP contribution in [0.2, 0.25) is 0 Å². The summed E-state index contributed by atoms with van der Waals surface area (Å²) in [5.74, 6) is 1.61. The number of ether oxygens (including phenoxy) is 1. The molecule has 1 saturated heterocycles. The number of para-hydroxylation sites is 1. The highest BCUT2D eigenvalue weighted by Gasteiger charge is 2.11. The molecule has 1 aromatic carbocycles. The van der Waals surface area contributed by atoms with Gasteiger partial charge in [-0.1, -0.05) is 18.2 Å². The van der Waals surface area contributed by atoms with Crippen LogP contribution < -0.4 is 4.74 Å². The molecule has 0 bridgehead atoms. The molecule has 23 heavy (non-hydrogen) atoms. The second kappa shape index (κ2) is 6.38. The number of hydrogen-bond acceptors (Lipinski definition) is 4. The number of nitrogens with zero attached hydrogens (tertiary/aromatic N) is 4. The van der Waals surface area contributed by atoms with Gasteiger partial charge in [0.25, 0.3) is 0 Å². The average molecular weight is 308 g/mol. The Bertz CT molecular complexity index is 775. The van der Waals surface area contributed by atoms with Crippen LogP contribution >= 0.6 is 0 Å². The molecule has 0 spiro atoms. The van der Waals surface area contributed by atoms with E-state index in [0.29, 0.717) is 6.61 Å². The van der Waals surface area contributed by atoms with Crippen molar-refractivity contribution in [1.29, 1.82) is 0 Å². The highest BCUT2D eigenvalue weighted by atomic mass is 16.5. The van der Waals surface area contributed by atoms with Crippen molar-refractivity contribution in [2.45, 2.75) is 12.8 Å². The van der Waals surface area contributed by atoms with Crippen LogP contribution in [0.4, 0.5) is 0 Å². The maximum absolute atomic E-state index is 5.79. The molecule has 0 aliphatic carbocycles. The highest BCUT2D eigenvalue weighted by Crippen LogP contribution is 2.18. The van der Waals surface area contributed by atoms with Gasteiger partial charge in [-0.15, -0.1) is 0 Å². The molecule has 5 heteroatoms. The number of benzene rings is 1. The van der Waals surface area contributed by atoms with E-state index in [-0.39, 0.29) is 0 Å². The maximum atomic E-state index is 5.79. The average Bonchev–Trinajstić information content (AvgIpc) is 3.25. The number of likely N-dealkylation sites (tertiary alicyclic amines) is 1. The van der Waals surface area contributed by atoms with E-state index in [1.807, 2.05) is 41.2 Å². The number of aromatic nitrogens is 3. The van der Waals surface area contributed by atoms with Gasteiger partial charge in [0, 0.05) is 11.9 Å². The summed E-state index contributed by atoms with van der Waals surface area (Å²) in [6, 6.07) is 12.0. The van der Waals surface area contributed by atoms with Gasteiger partial charge in [0.05, 0.1) is 17.9 Å². The monoisotopic (exact) mass is 308 g/mol. The first-order chi connectivity index (χ1) is 11.4. The van der Waals surface area contributed by atoms with Gasteiger partial charge in [-0.05, 0) is 44.1 Å². The molecule has 0 saturated carbocycles. The van der Waals surface area contributed by atoms with E-state index >= 15 is 0 Å². The molecule has 1 aliphatic heterocycles. The Morgan fingerprint density at radius 3 is 2.70 bits per heavy atom. The minimum atomic E-state index is 0.714. The molecule has 118 valence electrons. The number of hydrogen-bond donors (Lipinski definition) is 0. The van der Waals surface area contributed by atoms with E-state index in [1.54, 1.807) is 6.20 Å². The van der Waals surface area contributed by atoms with Gasteiger partial charge in [0.2, 0.25) is 0 Å². The van der Waals surface area contributed by atoms with Crippen molar-refractivity contribution in [2.24, 2.45) is 0 Å². The summed E-state index contributed by atoms with van der Waals surface area (Å²) >= 11 is 0. The molecule has 0 atom stereocenters. The van der Waals surface area contributed by atoms with E-state index in [1.165, 1.54) is 25.9 Å². The van der Waals surface area contributed by atoms with Crippen molar-refractivity contribution in [3.8, 4) is 11.6 Å². The molecule has 0 amide bonds. The van der Waals surface area contributed by atoms with E-state index in [2.05, 4.69) is 21.0 Å². The fraction of sp³-hybridized carbons (Fsp3) is 0.333. The summed E-state index contributed by atoms with van der Waals surface area (Å²) in [7, 11) is 0. The third-order valence-electron chi connectivity index (χ3n) is 4.29. The minimum absolute atomic E-state index is 0.714. The smallest absolute Gasteiger partial charge is 0.154 e. The Morgan fingerprint density at radius 1 is 1.00 bits per heavy atom. The van der Waals surface area contributed by atoms with Gasteiger partial charge in [-0.2, -0.15) is 5.10 Å². The number of pyridine rings is 1. The van der Waals surface area contributed by atoms with Crippen LogP contribution in [-0.2, 0) is 0 Å². The first-order valence-corrected chi connectivity index (χ1v) is 8.14. The third-order valence-corrected chi connectivity index (χ3v) is 4.29. The lowest BCUT2D eigenvalue weighted by atomic mass is 10.2. The molecule has 5 nitrogen and oxygen atoms in total. The van der Waals surface area contributed by atoms with E-state index in [9.17, 15) is 0 Å². The normalized spacial score (nSPS) is 15.3. The summed E-state index contributed by atoms with van der Waals surface area (Å²) in [5, 5.41) is 5.53. The molecule has 1 fully saturated rings. The Labute approximate surface area is 135 Å². The second-order valence-electron chi connectivity index (χ2n) is 5.86. The largest absolute Gasteiger partial charge is 0.491 e. The zero-order valence-electron chi connectivity index (χ0n) is 13.1. The topological polar surface area (TPSA) is 43.2 Å². The SMILES string of the molecule is c1ccc2c(c1)cnn2-c1ccc(OCCN2CCCC2)cn1. The number of fused-ring (bicyclic) bond motifs is 1. The molecule has 3 heterocycles. The summed E-state index contributed by atoms with van der Waals surface area (Å²) in [6.07, 6.45) is 6.26. The van der Waals surface area contributed by atoms with Crippen LogP contribution in [0.15, 0.2) is 48.8 Å². The lowest BCUT2D eigenvalue weighted by Gasteiger charge is -2.14. The molecular formula is C18H20N4O. The van der Waals surface area contributed by atoms with Crippen molar-refractivity contribution in [2.75, 3.05) is 26.2 Å². The molecule has 0 N–H and O–H groups in total. The third kappa shape index (κ3) is 3.05. The summed E-state index contributed by atoms with van der Waals surface area (Å²) in [4.78, 5) is 6.93. The molecular weight excluding hydrogens is 288 g/mol. The first kappa shape index (κ1) is 14.2. The lowest BCUT2D eigenvalue weighted by molar-refractivity contribution is 0.237. The zero-order chi connectivity index (χ0) is 15.5. The van der Waals surface area contributed by atoms with Crippen molar-refractivity contribution in [3.63, 3.8) is 0 Å². The van der Waals surface area contributed by atoms with Crippen LogP contribution in [-0.4, -0.2) is 45.9 Å². The predicted octanol–water partition coefficient (Wildman–Crippen LogP) is 2.90. The molecule has 0 unspecified atom stereocenters. The summed E-state index contributed by atoms with van der Waals surface area (Å²) in [6.45, 7) is 4.11. The van der Waals surface area contributed by atoms with Gasteiger partial charge in [-0.3, -0.25) is 4.90 Å². The van der Waals surface area contributed by atoms with E-state index < -0.39 is 0 Å². The minimum Gasteiger partial charge on any atom is -0.491 e. The van der Waals surface area contributed by atoms with Crippen LogP contribution in [0, 0.1) is 0 Å². The number of rotatable bonds is 5. The van der Waals surface area contributed by atoms with Crippen molar-refractivity contribution in [1.82, 2.24) is 19.7 Å². The molecule has 0 radical (unpaired) electrons. The van der Waals surface area contributed by atoms with Gasteiger partial charge < -0.3 is 4.74 Å². The van der Waals surface area contributed by atoms with Crippen LogP contribution in [0.1, 0.15) is 12.8 Å². The Morgan fingerprint density at radius 2 is 1.87 bits per heavy atom. The van der Waals surface area contributed by atoms with Crippen LogP contribution in [0.25, 0.3) is 16.7 Å². The van der Waals surface area contributed by atoms with Crippen LogP contribution in [0.3, 0.4) is 0 Å². The molecule has 1 aliphatic rings. The van der Waals surface area contributed by atoms with Gasteiger partial charge >= 0.3 is 0 Å². The van der Waals surface area contributed by atoms with E-state index in [0.717, 1.165) is 29.0 Å². The van der Waals surface area contributed by atoms with Crippen molar-refractivity contribution < 1.29 is 4.74 Å². The van der Waals surface area contributed by atoms with E-state index in [4.69, 9.17) is 4.74 Å². The Balaban J connectivity index is 1.43. The standard InChI is InChI=1S/C18H20N4O/c1-2-6-17-15(5-1)13-20-22(17)18-8-7-16(14-19-18)23-12-11-21-9-3-4-10-21/h1-2,5-8,13-14H,3-4,9-12H2. The van der Waals surface area contributed by atoms with Gasteiger partial charge in [-0.25, -0.2) is 9.67 Å². The molecule has 3 aromatic rings. The van der Waals surface area contributed by atoms with Crippen molar-refractivity contribution >= 4 is 10.9 Å². The fourth-order valence-electron chi connectivity index (χ4n) is 3.04. The van der Waals surface area contributed by atoms with Crippen LogP contribution in [0.5, 0.6) is 5.75 Å². The first-order valence-electron chi connectivity index (χ1n) is 8.14. The predicted molar refractivity (Wildman–Crippen MR) is 90.0 cm³/mol. The Hall–Kier alpha value is -2.40. The summed E-state index contributed by atoms with van der Waals surface area (Å²) < 4.78 is 7.64. The highest BCUT2D eigenvalue weighted by molar-refractivity contribution is 5.79. The fourth-order valence-corrected chi connectivity index (χ4v) is 3.04.